The topological polar surface area (TPSA) is 76.1 Å². The third kappa shape index (κ3) is 2.92. The van der Waals surface area contributed by atoms with Crippen molar-refractivity contribution in [3.63, 3.8) is 0 Å². The Kier molecular flexibility index (Phi) is 3.82. The molecule has 3 aromatic rings. The van der Waals surface area contributed by atoms with E-state index in [9.17, 15) is 4.79 Å². The number of rotatable bonds is 3. The first-order valence-corrected chi connectivity index (χ1v) is 7.15. The van der Waals surface area contributed by atoms with E-state index in [2.05, 4.69) is 4.98 Å². The fraction of sp³-hybridized carbons (Fsp3) is 0.167. The number of para-hydroxylation sites is 1. The van der Waals surface area contributed by atoms with Gasteiger partial charge in [-0.3, -0.25) is 0 Å². The highest BCUT2D eigenvalue weighted by atomic mass is 16.5. The Morgan fingerprint density at radius 3 is 2.78 bits per heavy atom. The van der Waals surface area contributed by atoms with Gasteiger partial charge in [0.2, 0.25) is 0 Å². The fourth-order valence-corrected chi connectivity index (χ4v) is 2.29. The van der Waals surface area contributed by atoms with E-state index in [0.29, 0.717) is 27.9 Å². The van der Waals surface area contributed by atoms with Gasteiger partial charge in [0, 0.05) is 5.39 Å². The SMILES string of the molecule is Cc1ccc(-c2cc(C(=O)O[C@@H](C)C#N)c3ccccc3n2)o1. The number of benzene rings is 1. The first kappa shape index (κ1) is 14.8. The molecule has 2 aromatic heterocycles. The maximum absolute atomic E-state index is 12.4. The largest absolute Gasteiger partial charge is 0.460 e. The summed E-state index contributed by atoms with van der Waals surface area (Å²) >= 11 is 0. The summed E-state index contributed by atoms with van der Waals surface area (Å²) in [4.78, 5) is 16.9. The zero-order chi connectivity index (χ0) is 16.4. The van der Waals surface area contributed by atoms with Crippen molar-refractivity contribution < 1.29 is 13.9 Å². The summed E-state index contributed by atoms with van der Waals surface area (Å²) in [6.45, 7) is 3.37. The zero-order valence-corrected chi connectivity index (χ0v) is 12.7. The third-order valence-corrected chi connectivity index (χ3v) is 3.39. The monoisotopic (exact) mass is 306 g/mol. The molecule has 0 fully saturated rings. The summed E-state index contributed by atoms with van der Waals surface area (Å²) < 4.78 is 10.7. The summed E-state index contributed by atoms with van der Waals surface area (Å²) in [5.74, 6) is 0.787. The van der Waals surface area contributed by atoms with E-state index in [1.165, 1.54) is 6.92 Å². The minimum atomic E-state index is -0.816. The quantitative estimate of drug-likeness (QED) is 0.686. The number of hydrogen-bond donors (Lipinski definition) is 0. The van der Waals surface area contributed by atoms with Gasteiger partial charge in [-0.05, 0) is 38.1 Å². The lowest BCUT2D eigenvalue weighted by atomic mass is 10.1. The fourth-order valence-electron chi connectivity index (χ4n) is 2.29. The van der Waals surface area contributed by atoms with Crippen LogP contribution in [-0.4, -0.2) is 17.1 Å². The molecule has 1 aromatic carbocycles. The van der Waals surface area contributed by atoms with Crippen molar-refractivity contribution in [1.82, 2.24) is 4.98 Å². The highest BCUT2D eigenvalue weighted by molar-refractivity contribution is 6.04. The van der Waals surface area contributed by atoms with E-state index in [1.807, 2.05) is 37.3 Å². The number of furan rings is 1. The number of nitriles is 1. The summed E-state index contributed by atoms with van der Waals surface area (Å²) in [6, 6.07) is 14.4. The Bertz CT molecular complexity index is 921. The molecule has 5 heteroatoms. The first-order valence-electron chi connectivity index (χ1n) is 7.15. The molecule has 0 N–H and O–H groups in total. The van der Waals surface area contributed by atoms with Gasteiger partial charge in [-0.1, -0.05) is 18.2 Å². The van der Waals surface area contributed by atoms with Gasteiger partial charge in [0.25, 0.3) is 0 Å². The molecule has 0 radical (unpaired) electrons. The highest BCUT2D eigenvalue weighted by Gasteiger charge is 2.18. The molecular formula is C18H14N2O3. The van der Waals surface area contributed by atoms with Crippen LogP contribution in [0.4, 0.5) is 0 Å². The van der Waals surface area contributed by atoms with Gasteiger partial charge in [-0.25, -0.2) is 9.78 Å². The van der Waals surface area contributed by atoms with Crippen molar-refractivity contribution >= 4 is 16.9 Å². The number of aromatic nitrogens is 1. The minimum Gasteiger partial charge on any atom is -0.460 e. The van der Waals surface area contributed by atoms with Crippen LogP contribution in [-0.2, 0) is 4.74 Å². The summed E-state index contributed by atoms with van der Waals surface area (Å²) in [7, 11) is 0. The summed E-state index contributed by atoms with van der Waals surface area (Å²) in [5, 5.41) is 9.50. The molecule has 3 rings (SSSR count). The number of hydrogen-bond acceptors (Lipinski definition) is 5. The van der Waals surface area contributed by atoms with Gasteiger partial charge in [0.1, 0.15) is 17.5 Å². The van der Waals surface area contributed by atoms with Gasteiger partial charge in [0.05, 0.1) is 11.1 Å². The van der Waals surface area contributed by atoms with Crippen LogP contribution in [0.5, 0.6) is 0 Å². The predicted octanol–water partition coefficient (Wildman–Crippen LogP) is 3.87. The minimum absolute atomic E-state index is 0.363. The van der Waals surface area contributed by atoms with E-state index in [-0.39, 0.29) is 0 Å². The van der Waals surface area contributed by atoms with Crippen molar-refractivity contribution in [2.75, 3.05) is 0 Å². The van der Waals surface area contributed by atoms with Gasteiger partial charge in [-0.2, -0.15) is 5.26 Å². The average Bonchev–Trinajstić information content (AvgIpc) is 3.00. The standard InChI is InChI=1S/C18H14N2O3/c1-11-7-8-17(22-11)16-9-14(18(21)23-12(2)10-19)13-5-3-4-6-15(13)20-16/h3-9,12H,1-2H3/t12-/m0/s1. The molecule has 0 aliphatic carbocycles. The van der Waals surface area contributed by atoms with Crippen molar-refractivity contribution in [2.45, 2.75) is 20.0 Å². The van der Waals surface area contributed by atoms with Gasteiger partial charge >= 0.3 is 5.97 Å². The summed E-state index contributed by atoms with van der Waals surface area (Å²) in [5.41, 5.74) is 1.57. The number of nitrogens with zero attached hydrogens (tertiary/aromatic N) is 2. The lowest BCUT2D eigenvalue weighted by Gasteiger charge is -2.10. The number of aryl methyl sites for hydroxylation is 1. The van der Waals surface area contributed by atoms with Crippen LogP contribution in [0, 0.1) is 18.3 Å². The number of pyridine rings is 1. The van der Waals surface area contributed by atoms with E-state index >= 15 is 0 Å². The Labute approximate surface area is 133 Å². The van der Waals surface area contributed by atoms with Crippen molar-refractivity contribution in [1.29, 1.82) is 5.26 Å². The molecule has 0 bridgehead atoms. The lowest BCUT2D eigenvalue weighted by molar-refractivity contribution is 0.0438. The molecule has 0 saturated carbocycles. The third-order valence-electron chi connectivity index (χ3n) is 3.39. The number of ether oxygens (including phenoxy) is 1. The normalized spacial score (nSPS) is 11.9. The lowest BCUT2D eigenvalue weighted by Crippen LogP contribution is -2.13. The molecule has 114 valence electrons. The van der Waals surface area contributed by atoms with Crippen LogP contribution in [0.25, 0.3) is 22.4 Å². The van der Waals surface area contributed by atoms with Crippen molar-refractivity contribution in [3.05, 3.63) is 53.8 Å². The Balaban J connectivity index is 2.15. The molecule has 2 heterocycles. The molecule has 5 nitrogen and oxygen atoms in total. The van der Waals surface area contributed by atoms with E-state index < -0.39 is 12.1 Å². The van der Waals surface area contributed by atoms with Gasteiger partial charge in [-0.15, -0.1) is 0 Å². The molecule has 0 spiro atoms. The van der Waals surface area contributed by atoms with Crippen LogP contribution in [0.1, 0.15) is 23.0 Å². The van der Waals surface area contributed by atoms with Crippen molar-refractivity contribution in [3.8, 4) is 17.5 Å². The maximum Gasteiger partial charge on any atom is 0.340 e. The molecular weight excluding hydrogens is 292 g/mol. The average molecular weight is 306 g/mol. The van der Waals surface area contributed by atoms with Crippen LogP contribution in [0.2, 0.25) is 0 Å². The predicted molar refractivity (Wildman–Crippen MR) is 84.7 cm³/mol. The second-order valence-electron chi connectivity index (χ2n) is 5.16. The molecule has 0 unspecified atom stereocenters. The number of carbonyl (C=O) groups is 1. The zero-order valence-electron chi connectivity index (χ0n) is 12.7. The second-order valence-corrected chi connectivity index (χ2v) is 5.16. The molecule has 0 aliphatic heterocycles. The second kappa shape index (κ2) is 5.93. The molecule has 1 atom stereocenters. The Hall–Kier alpha value is -3.13. The maximum atomic E-state index is 12.4. The highest BCUT2D eigenvalue weighted by Crippen LogP contribution is 2.26. The molecule has 23 heavy (non-hydrogen) atoms. The summed E-state index contributed by atoms with van der Waals surface area (Å²) in [6.07, 6.45) is -0.816. The molecule has 0 amide bonds. The van der Waals surface area contributed by atoms with Crippen LogP contribution in [0.3, 0.4) is 0 Å². The van der Waals surface area contributed by atoms with Gasteiger partial charge in [0.15, 0.2) is 11.9 Å². The molecule has 0 saturated heterocycles. The number of esters is 1. The first-order chi connectivity index (χ1) is 11.1. The molecule has 0 aliphatic rings. The van der Waals surface area contributed by atoms with Crippen LogP contribution in [0.15, 0.2) is 46.9 Å². The van der Waals surface area contributed by atoms with E-state index in [4.69, 9.17) is 14.4 Å². The smallest absolute Gasteiger partial charge is 0.340 e. The Morgan fingerprint density at radius 2 is 2.09 bits per heavy atom. The Morgan fingerprint density at radius 1 is 1.30 bits per heavy atom. The van der Waals surface area contributed by atoms with E-state index in [0.717, 1.165) is 5.76 Å². The van der Waals surface area contributed by atoms with Crippen LogP contribution >= 0.6 is 0 Å². The van der Waals surface area contributed by atoms with E-state index in [1.54, 1.807) is 18.2 Å². The van der Waals surface area contributed by atoms with Crippen molar-refractivity contribution in [2.24, 2.45) is 0 Å². The number of carbonyl (C=O) groups excluding carboxylic acids is 1. The van der Waals surface area contributed by atoms with Gasteiger partial charge < -0.3 is 9.15 Å². The number of fused-ring (bicyclic) bond motifs is 1. The van der Waals surface area contributed by atoms with Crippen LogP contribution < -0.4 is 0 Å².